The Kier molecular flexibility index (Phi) is 5.63. The van der Waals surface area contributed by atoms with Crippen molar-refractivity contribution in [3.63, 3.8) is 0 Å². The van der Waals surface area contributed by atoms with Crippen LogP contribution in [-0.2, 0) is 13.0 Å². The number of aryl methyl sites for hydroxylation is 2. The summed E-state index contributed by atoms with van der Waals surface area (Å²) in [5, 5.41) is 2.88. The van der Waals surface area contributed by atoms with Crippen molar-refractivity contribution < 1.29 is 9.53 Å². The van der Waals surface area contributed by atoms with Crippen molar-refractivity contribution in [2.24, 2.45) is 0 Å². The van der Waals surface area contributed by atoms with Crippen LogP contribution < -0.4 is 21.2 Å². The van der Waals surface area contributed by atoms with Crippen LogP contribution in [0.1, 0.15) is 28.4 Å². The van der Waals surface area contributed by atoms with Gasteiger partial charge in [0.2, 0.25) is 0 Å². The predicted octanol–water partition coefficient (Wildman–Crippen LogP) is 2.00. The van der Waals surface area contributed by atoms with Gasteiger partial charge >= 0.3 is 11.1 Å². The fourth-order valence-corrected chi connectivity index (χ4v) is 3.25. The zero-order chi connectivity index (χ0) is 20.3. The zero-order valence-electron chi connectivity index (χ0n) is 16.2. The summed E-state index contributed by atoms with van der Waals surface area (Å²) in [6, 6.07) is 10.8. The van der Waals surface area contributed by atoms with E-state index in [2.05, 4.69) is 10.3 Å². The Morgan fingerprint density at radius 2 is 1.96 bits per heavy atom. The molecule has 1 aromatic heterocycles. The number of aromatic nitrogens is 2. The van der Waals surface area contributed by atoms with E-state index in [0.717, 1.165) is 16.9 Å². The SMILES string of the molecule is CCn1c(=O)c(=O)[nH]c2cc(C(=O)NCCc3cc(C)ccc3OC)ccc21. The van der Waals surface area contributed by atoms with Crippen molar-refractivity contribution in [1.82, 2.24) is 14.9 Å². The Morgan fingerprint density at radius 3 is 2.68 bits per heavy atom. The molecule has 0 atom stereocenters. The number of H-pyrrole nitrogens is 1. The average molecular weight is 381 g/mol. The van der Waals surface area contributed by atoms with E-state index in [1.807, 2.05) is 25.1 Å². The lowest BCUT2D eigenvalue weighted by Gasteiger charge is -2.11. The number of rotatable bonds is 6. The van der Waals surface area contributed by atoms with Gasteiger partial charge in [-0.2, -0.15) is 0 Å². The second-order valence-electron chi connectivity index (χ2n) is 6.56. The number of hydrogen-bond donors (Lipinski definition) is 2. The number of nitrogens with one attached hydrogen (secondary N) is 2. The summed E-state index contributed by atoms with van der Waals surface area (Å²) in [6.07, 6.45) is 0.635. The summed E-state index contributed by atoms with van der Waals surface area (Å²) < 4.78 is 6.75. The second-order valence-corrected chi connectivity index (χ2v) is 6.56. The molecule has 7 heteroatoms. The Hall–Kier alpha value is -3.35. The fraction of sp³-hybridized carbons (Fsp3) is 0.286. The van der Waals surface area contributed by atoms with Crippen molar-refractivity contribution in [1.29, 1.82) is 0 Å². The number of benzene rings is 2. The van der Waals surface area contributed by atoms with E-state index >= 15 is 0 Å². The smallest absolute Gasteiger partial charge is 0.316 e. The van der Waals surface area contributed by atoms with Crippen LogP contribution in [0.2, 0.25) is 0 Å². The highest BCUT2D eigenvalue weighted by atomic mass is 16.5. The van der Waals surface area contributed by atoms with E-state index in [1.165, 1.54) is 4.57 Å². The van der Waals surface area contributed by atoms with Crippen LogP contribution in [0, 0.1) is 6.92 Å². The Morgan fingerprint density at radius 1 is 1.18 bits per heavy atom. The number of aromatic amines is 1. The van der Waals surface area contributed by atoms with Gasteiger partial charge in [0.15, 0.2) is 0 Å². The Labute approximate surface area is 162 Å². The van der Waals surface area contributed by atoms with Crippen molar-refractivity contribution >= 4 is 16.9 Å². The quantitative estimate of drug-likeness (QED) is 0.639. The minimum atomic E-state index is -0.696. The van der Waals surface area contributed by atoms with Gasteiger partial charge in [0.1, 0.15) is 5.75 Å². The fourth-order valence-electron chi connectivity index (χ4n) is 3.25. The van der Waals surface area contributed by atoms with Crippen molar-refractivity contribution in [3.05, 3.63) is 73.8 Å². The summed E-state index contributed by atoms with van der Waals surface area (Å²) >= 11 is 0. The van der Waals surface area contributed by atoms with Gasteiger partial charge in [0, 0.05) is 18.7 Å². The number of ether oxygens (including phenoxy) is 1. The van der Waals surface area contributed by atoms with Gasteiger partial charge in [0.25, 0.3) is 5.91 Å². The number of hydrogen-bond acceptors (Lipinski definition) is 4. The summed E-state index contributed by atoms with van der Waals surface area (Å²) in [6.45, 7) is 4.62. The lowest BCUT2D eigenvalue weighted by molar-refractivity contribution is 0.0954. The summed E-state index contributed by atoms with van der Waals surface area (Å²) in [5.41, 5.74) is 2.33. The van der Waals surface area contributed by atoms with E-state index in [4.69, 9.17) is 4.74 Å². The molecule has 2 N–H and O–H groups in total. The molecule has 0 saturated heterocycles. The molecule has 28 heavy (non-hydrogen) atoms. The van der Waals surface area contributed by atoms with Crippen LogP contribution in [0.3, 0.4) is 0 Å². The number of nitrogens with zero attached hydrogens (tertiary/aromatic N) is 1. The molecule has 0 saturated carbocycles. The van der Waals surface area contributed by atoms with Crippen molar-refractivity contribution in [2.45, 2.75) is 26.8 Å². The first-order valence-corrected chi connectivity index (χ1v) is 9.13. The van der Waals surface area contributed by atoms with E-state index in [1.54, 1.807) is 32.2 Å². The number of methoxy groups -OCH3 is 1. The highest BCUT2D eigenvalue weighted by Gasteiger charge is 2.11. The van der Waals surface area contributed by atoms with Gasteiger partial charge in [0.05, 0.1) is 18.1 Å². The molecule has 0 aliphatic rings. The molecule has 0 fully saturated rings. The van der Waals surface area contributed by atoms with Gasteiger partial charge in [-0.1, -0.05) is 17.7 Å². The van der Waals surface area contributed by atoms with Gasteiger partial charge in [-0.05, 0) is 50.1 Å². The van der Waals surface area contributed by atoms with E-state index in [-0.39, 0.29) is 5.91 Å². The maximum atomic E-state index is 12.5. The van der Waals surface area contributed by atoms with Crippen LogP contribution in [0.4, 0.5) is 0 Å². The predicted molar refractivity (Wildman–Crippen MR) is 108 cm³/mol. The first-order chi connectivity index (χ1) is 13.4. The molecule has 3 rings (SSSR count). The van der Waals surface area contributed by atoms with Crippen molar-refractivity contribution in [2.75, 3.05) is 13.7 Å². The molecule has 0 radical (unpaired) electrons. The third-order valence-corrected chi connectivity index (χ3v) is 4.67. The molecule has 1 heterocycles. The van der Waals surface area contributed by atoms with Crippen LogP contribution >= 0.6 is 0 Å². The molecule has 3 aromatic rings. The van der Waals surface area contributed by atoms with Crippen LogP contribution in [0.5, 0.6) is 5.75 Å². The van der Waals surface area contributed by atoms with E-state index in [9.17, 15) is 14.4 Å². The summed E-state index contributed by atoms with van der Waals surface area (Å²) in [5.74, 6) is 0.546. The minimum absolute atomic E-state index is 0.247. The first kappa shape index (κ1) is 19.4. The summed E-state index contributed by atoms with van der Waals surface area (Å²) in [4.78, 5) is 38.8. The molecule has 0 aliphatic carbocycles. The van der Waals surface area contributed by atoms with Gasteiger partial charge in [-0.25, -0.2) is 0 Å². The standard InChI is InChI=1S/C21H23N3O4/c1-4-24-17-7-6-15(12-16(17)23-20(26)21(24)27)19(25)22-10-9-14-11-13(2)5-8-18(14)28-3/h5-8,11-12H,4,9-10H2,1-3H3,(H,22,25)(H,23,26). The Bertz CT molecular complexity index is 1140. The minimum Gasteiger partial charge on any atom is -0.496 e. The summed E-state index contributed by atoms with van der Waals surface area (Å²) in [7, 11) is 1.62. The third-order valence-electron chi connectivity index (χ3n) is 4.67. The maximum Gasteiger partial charge on any atom is 0.316 e. The van der Waals surface area contributed by atoms with Crippen LogP contribution in [0.25, 0.3) is 11.0 Å². The largest absolute Gasteiger partial charge is 0.496 e. The van der Waals surface area contributed by atoms with E-state index < -0.39 is 11.1 Å². The number of amides is 1. The normalized spacial score (nSPS) is 10.8. The first-order valence-electron chi connectivity index (χ1n) is 9.13. The van der Waals surface area contributed by atoms with Crippen LogP contribution in [0.15, 0.2) is 46.0 Å². The molecule has 2 aromatic carbocycles. The molecular weight excluding hydrogens is 358 g/mol. The molecular formula is C21H23N3O4. The van der Waals surface area contributed by atoms with E-state index in [0.29, 0.717) is 36.1 Å². The topological polar surface area (TPSA) is 93.2 Å². The molecule has 0 aliphatic heterocycles. The number of carbonyl (C=O) groups is 1. The highest BCUT2D eigenvalue weighted by molar-refractivity contribution is 5.97. The second kappa shape index (κ2) is 8.12. The lowest BCUT2D eigenvalue weighted by Crippen LogP contribution is -2.36. The number of fused-ring (bicyclic) bond motifs is 1. The molecule has 0 spiro atoms. The molecule has 146 valence electrons. The van der Waals surface area contributed by atoms with Gasteiger partial charge in [-0.15, -0.1) is 0 Å². The molecule has 7 nitrogen and oxygen atoms in total. The monoisotopic (exact) mass is 381 g/mol. The van der Waals surface area contributed by atoms with Crippen molar-refractivity contribution in [3.8, 4) is 5.75 Å². The molecule has 0 unspecified atom stereocenters. The number of carbonyl (C=O) groups excluding carboxylic acids is 1. The maximum absolute atomic E-state index is 12.5. The van der Waals surface area contributed by atoms with Gasteiger partial charge < -0.3 is 19.6 Å². The highest BCUT2D eigenvalue weighted by Crippen LogP contribution is 2.20. The Balaban J connectivity index is 1.77. The third kappa shape index (κ3) is 3.83. The lowest BCUT2D eigenvalue weighted by atomic mass is 10.1. The van der Waals surface area contributed by atoms with Crippen LogP contribution in [-0.4, -0.2) is 29.1 Å². The molecule has 0 bridgehead atoms. The van der Waals surface area contributed by atoms with Gasteiger partial charge in [-0.3, -0.25) is 14.4 Å². The molecule has 1 amide bonds. The zero-order valence-corrected chi connectivity index (χ0v) is 16.2. The average Bonchev–Trinajstić information content (AvgIpc) is 2.68.